The zero-order valence-corrected chi connectivity index (χ0v) is 5.28. The van der Waals surface area contributed by atoms with Gasteiger partial charge in [0.05, 0.1) is 0 Å². The van der Waals surface area contributed by atoms with Crippen molar-refractivity contribution >= 4 is 15.9 Å². The first-order valence-corrected chi connectivity index (χ1v) is 2.71. The second kappa shape index (κ2) is 3.29. The smallest absolute Gasteiger partial charge is 0.267 e. The van der Waals surface area contributed by atoms with E-state index >= 15 is 0 Å². The quantitative estimate of drug-likeness (QED) is 0.655. The highest BCUT2D eigenvalue weighted by Gasteiger charge is 2.24. The van der Waals surface area contributed by atoms with E-state index in [4.69, 9.17) is 5.11 Å². The Morgan fingerprint density at radius 3 is 1.62 bits per heavy atom. The van der Waals surface area contributed by atoms with E-state index in [1.165, 1.54) is 0 Å². The van der Waals surface area contributed by atoms with Gasteiger partial charge in [-0.25, -0.2) is 13.2 Å². The molecule has 0 radical (unpaired) electrons. The fraction of sp³-hybridized carbons (Fsp3) is 1.00. The predicted molar refractivity (Wildman–Crippen MR) is 25.8 cm³/mol. The number of hydrogen-bond donors (Lipinski definition) is 1. The third-order valence-corrected chi connectivity index (χ3v) is 1.06. The first kappa shape index (κ1) is 8.23. The van der Waals surface area contributed by atoms with Crippen LogP contribution in [0.3, 0.4) is 0 Å². The van der Waals surface area contributed by atoms with Crippen LogP contribution in [0.4, 0.5) is 13.2 Å². The Morgan fingerprint density at radius 2 is 1.62 bits per heavy atom. The summed E-state index contributed by atoms with van der Waals surface area (Å²) in [4.78, 5) is 0. The molecular weight excluding hydrogens is 189 g/mol. The molecule has 0 fully saturated rings. The normalized spacial score (nSPS) is 18.8. The molecule has 0 heterocycles. The van der Waals surface area contributed by atoms with Crippen molar-refractivity contribution in [2.24, 2.45) is 0 Å². The van der Waals surface area contributed by atoms with Crippen LogP contribution < -0.4 is 0 Å². The molecule has 0 aliphatic carbocycles. The Bertz CT molecular complexity index is 59.5. The van der Waals surface area contributed by atoms with Gasteiger partial charge in [-0.3, -0.25) is 0 Å². The molecule has 8 heavy (non-hydrogen) atoms. The molecule has 0 aliphatic rings. The average Bonchev–Trinajstić information content (AvgIpc) is 1.64. The van der Waals surface area contributed by atoms with Crippen LogP contribution in [-0.4, -0.2) is 22.7 Å². The summed E-state index contributed by atoms with van der Waals surface area (Å²) in [6, 6.07) is 0. The van der Waals surface area contributed by atoms with E-state index in [9.17, 15) is 13.2 Å². The van der Waals surface area contributed by atoms with Gasteiger partial charge in [-0.15, -0.1) is 0 Å². The SMILES string of the molecule is OC(C(F)F)C(F)Br. The summed E-state index contributed by atoms with van der Waals surface area (Å²) in [5.74, 6) is 0. The Hall–Kier alpha value is 0.230. The molecule has 0 aromatic rings. The molecule has 50 valence electrons. The van der Waals surface area contributed by atoms with E-state index in [1.54, 1.807) is 0 Å². The minimum absolute atomic E-state index is 2.04. The van der Waals surface area contributed by atoms with E-state index in [1.807, 2.05) is 0 Å². The predicted octanol–water partition coefficient (Wildman–Crippen LogP) is 1.30. The van der Waals surface area contributed by atoms with Gasteiger partial charge in [0, 0.05) is 0 Å². The van der Waals surface area contributed by atoms with Crippen LogP contribution in [0, 0.1) is 0 Å². The second-order valence-corrected chi connectivity index (χ2v) is 2.03. The number of halogens is 4. The Balaban J connectivity index is 3.46. The number of rotatable bonds is 2. The van der Waals surface area contributed by atoms with Crippen molar-refractivity contribution in [3.8, 4) is 0 Å². The Labute approximate surface area is 52.6 Å². The summed E-state index contributed by atoms with van der Waals surface area (Å²) in [6.07, 6.45) is -5.24. The Morgan fingerprint density at radius 1 is 1.25 bits per heavy atom. The van der Waals surface area contributed by atoms with Gasteiger partial charge in [0.15, 0.2) is 11.2 Å². The third-order valence-electron chi connectivity index (χ3n) is 0.516. The Kier molecular flexibility index (Phi) is 3.39. The van der Waals surface area contributed by atoms with Crippen LogP contribution in [0.5, 0.6) is 0 Å². The van der Waals surface area contributed by atoms with Crippen LogP contribution in [0.1, 0.15) is 0 Å². The van der Waals surface area contributed by atoms with Crippen molar-refractivity contribution in [1.29, 1.82) is 0 Å². The molecule has 0 amide bonds. The van der Waals surface area contributed by atoms with Crippen molar-refractivity contribution in [3.05, 3.63) is 0 Å². The van der Waals surface area contributed by atoms with Crippen LogP contribution in [0.25, 0.3) is 0 Å². The topological polar surface area (TPSA) is 20.2 Å². The summed E-state index contributed by atoms with van der Waals surface area (Å²) in [7, 11) is 0. The number of aliphatic hydroxyl groups excluding tert-OH is 1. The highest BCUT2D eigenvalue weighted by atomic mass is 79.9. The van der Waals surface area contributed by atoms with Gasteiger partial charge in [-0.2, -0.15) is 0 Å². The lowest BCUT2D eigenvalue weighted by molar-refractivity contribution is -0.0240. The average molecular weight is 193 g/mol. The molecule has 0 aromatic heterocycles. The van der Waals surface area contributed by atoms with Crippen molar-refractivity contribution in [2.75, 3.05) is 0 Å². The summed E-state index contributed by atoms with van der Waals surface area (Å²) in [5.41, 5.74) is 0. The zero-order chi connectivity index (χ0) is 6.73. The minimum atomic E-state index is -3.02. The summed E-state index contributed by atoms with van der Waals surface area (Å²) in [6.45, 7) is 0. The van der Waals surface area contributed by atoms with Crippen molar-refractivity contribution in [2.45, 2.75) is 17.6 Å². The lowest BCUT2D eigenvalue weighted by atomic mass is 10.4. The van der Waals surface area contributed by atoms with Crippen LogP contribution in [0.15, 0.2) is 0 Å². The molecule has 0 spiro atoms. The van der Waals surface area contributed by atoms with E-state index in [0.717, 1.165) is 0 Å². The standard InChI is InChI=1S/C3H4BrF3O/c4-2(5)1(8)3(6)7/h1-3,8H. The van der Waals surface area contributed by atoms with Gasteiger partial charge in [0.25, 0.3) is 6.43 Å². The summed E-state index contributed by atoms with van der Waals surface area (Å²) in [5, 5.41) is 5.99. The molecule has 0 aliphatic heterocycles. The maximum atomic E-state index is 11.5. The molecule has 0 bridgehead atoms. The minimum Gasteiger partial charge on any atom is -0.383 e. The van der Waals surface area contributed by atoms with Gasteiger partial charge in [-0.05, 0) is 15.9 Å². The van der Waals surface area contributed by atoms with Crippen molar-refractivity contribution in [1.82, 2.24) is 0 Å². The van der Waals surface area contributed by atoms with Crippen molar-refractivity contribution in [3.63, 3.8) is 0 Å². The van der Waals surface area contributed by atoms with E-state index < -0.39 is 17.6 Å². The molecule has 1 nitrogen and oxygen atoms in total. The van der Waals surface area contributed by atoms with E-state index in [-0.39, 0.29) is 0 Å². The maximum Gasteiger partial charge on any atom is 0.267 e. The highest BCUT2D eigenvalue weighted by molar-refractivity contribution is 9.09. The van der Waals surface area contributed by atoms with Gasteiger partial charge < -0.3 is 5.11 Å². The first-order chi connectivity index (χ1) is 3.55. The monoisotopic (exact) mass is 192 g/mol. The fourth-order valence-electron chi connectivity index (χ4n) is 0.110. The van der Waals surface area contributed by atoms with Gasteiger partial charge >= 0.3 is 0 Å². The molecule has 0 rings (SSSR count). The van der Waals surface area contributed by atoms with Crippen molar-refractivity contribution < 1.29 is 18.3 Å². The molecule has 0 aromatic carbocycles. The highest BCUT2D eigenvalue weighted by Crippen LogP contribution is 2.13. The number of alkyl halides is 4. The number of hydrogen-bond acceptors (Lipinski definition) is 1. The molecule has 0 saturated carbocycles. The summed E-state index contributed by atoms with van der Waals surface area (Å²) >= 11 is 2.14. The largest absolute Gasteiger partial charge is 0.383 e. The molecule has 2 atom stereocenters. The zero-order valence-electron chi connectivity index (χ0n) is 3.69. The molecule has 2 unspecified atom stereocenters. The lowest BCUT2D eigenvalue weighted by Crippen LogP contribution is -2.24. The van der Waals surface area contributed by atoms with Crippen LogP contribution in [0.2, 0.25) is 0 Å². The van der Waals surface area contributed by atoms with Crippen LogP contribution >= 0.6 is 15.9 Å². The van der Waals surface area contributed by atoms with Gasteiger partial charge in [0.1, 0.15) is 0 Å². The molecule has 1 N–H and O–H groups in total. The maximum absolute atomic E-state index is 11.5. The molecule has 0 saturated heterocycles. The van der Waals surface area contributed by atoms with E-state index in [0.29, 0.717) is 0 Å². The number of aliphatic hydroxyl groups is 1. The van der Waals surface area contributed by atoms with Gasteiger partial charge in [0.2, 0.25) is 0 Å². The van der Waals surface area contributed by atoms with Gasteiger partial charge in [-0.1, -0.05) is 0 Å². The third kappa shape index (κ3) is 2.52. The van der Waals surface area contributed by atoms with E-state index in [2.05, 4.69) is 15.9 Å². The fourth-order valence-corrected chi connectivity index (χ4v) is 0.341. The first-order valence-electron chi connectivity index (χ1n) is 1.80. The lowest BCUT2D eigenvalue weighted by Gasteiger charge is -2.06. The molecule has 5 heteroatoms. The second-order valence-electron chi connectivity index (χ2n) is 1.16. The molecular formula is C3H4BrF3O. The summed E-state index contributed by atoms with van der Waals surface area (Å²) < 4.78 is 33.9. The van der Waals surface area contributed by atoms with Crippen LogP contribution in [-0.2, 0) is 0 Å².